The summed E-state index contributed by atoms with van der Waals surface area (Å²) in [6.07, 6.45) is 6.30. The molecular weight excluding hydrogens is 226 g/mol. The Bertz CT molecular complexity index is 276. The Kier molecular flexibility index (Phi) is 5.01. The fourth-order valence-corrected chi connectivity index (χ4v) is 3.13. The zero-order valence-electron chi connectivity index (χ0n) is 11.8. The highest BCUT2D eigenvalue weighted by molar-refractivity contribution is 5.78. The Morgan fingerprint density at radius 2 is 2.06 bits per heavy atom. The molecule has 0 aromatic carbocycles. The van der Waals surface area contributed by atoms with Crippen LogP contribution in [-0.2, 0) is 4.79 Å². The van der Waals surface area contributed by atoms with Gasteiger partial charge in [0.05, 0.1) is 6.54 Å². The molecule has 0 aromatic rings. The lowest BCUT2D eigenvalue weighted by molar-refractivity contribution is -0.134. The summed E-state index contributed by atoms with van der Waals surface area (Å²) in [7, 11) is 1.99. The van der Waals surface area contributed by atoms with Gasteiger partial charge in [-0.25, -0.2) is 0 Å². The van der Waals surface area contributed by atoms with Crippen molar-refractivity contribution in [3.8, 4) is 0 Å². The van der Waals surface area contributed by atoms with Crippen LogP contribution in [0, 0.1) is 0 Å². The lowest BCUT2D eigenvalue weighted by Gasteiger charge is -2.35. The molecule has 1 amide bonds. The van der Waals surface area contributed by atoms with Crippen molar-refractivity contribution in [1.82, 2.24) is 15.1 Å². The zero-order chi connectivity index (χ0) is 13.0. The van der Waals surface area contributed by atoms with E-state index < -0.39 is 0 Å². The number of nitrogens with zero attached hydrogens (tertiary/aromatic N) is 2. The highest BCUT2D eigenvalue weighted by Gasteiger charge is 2.24. The van der Waals surface area contributed by atoms with Gasteiger partial charge in [0, 0.05) is 38.8 Å². The molecule has 1 atom stereocenters. The SMILES string of the molecule is CC1CN(CC(=O)N(C)C2CCCCC2)CCN1. The summed E-state index contributed by atoms with van der Waals surface area (Å²) in [6, 6.07) is 0.998. The average Bonchev–Trinajstić information content (AvgIpc) is 2.39. The van der Waals surface area contributed by atoms with Crippen molar-refractivity contribution in [3.63, 3.8) is 0 Å². The Hall–Kier alpha value is -0.610. The third-order valence-electron chi connectivity index (χ3n) is 4.33. The van der Waals surface area contributed by atoms with E-state index in [1.165, 1.54) is 32.1 Å². The largest absolute Gasteiger partial charge is 0.342 e. The van der Waals surface area contributed by atoms with Crippen molar-refractivity contribution in [2.45, 2.75) is 51.1 Å². The van der Waals surface area contributed by atoms with E-state index in [2.05, 4.69) is 17.1 Å². The summed E-state index contributed by atoms with van der Waals surface area (Å²) < 4.78 is 0. The summed E-state index contributed by atoms with van der Waals surface area (Å²) in [5, 5.41) is 3.41. The number of rotatable bonds is 3. The maximum atomic E-state index is 12.3. The highest BCUT2D eigenvalue weighted by Crippen LogP contribution is 2.21. The van der Waals surface area contributed by atoms with E-state index in [-0.39, 0.29) is 0 Å². The normalized spacial score (nSPS) is 27.1. The van der Waals surface area contributed by atoms with Gasteiger partial charge in [-0.1, -0.05) is 19.3 Å². The molecule has 1 aliphatic carbocycles. The van der Waals surface area contributed by atoms with Gasteiger partial charge < -0.3 is 10.2 Å². The third kappa shape index (κ3) is 3.69. The van der Waals surface area contributed by atoms with Crippen molar-refractivity contribution < 1.29 is 4.79 Å². The molecule has 1 heterocycles. The van der Waals surface area contributed by atoms with Crippen LogP contribution >= 0.6 is 0 Å². The molecule has 0 radical (unpaired) electrons. The van der Waals surface area contributed by atoms with Gasteiger partial charge >= 0.3 is 0 Å². The molecule has 1 unspecified atom stereocenters. The second-order valence-electron chi connectivity index (χ2n) is 5.89. The van der Waals surface area contributed by atoms with Gasteiger partial charge in [0.25, 0.3) is 0 Å². The topological polar surface area (TPSA) is 35.6 Å². The first-order chi connectivity index (χ1) is 8.66. The van der Waals surface area contributed by atoms with Crippen LogP contribution in [0.25, 0.3) is 0 Å². The minimum Gasteiger partial charge on any atom is -0.342 e. The van der Waals surface area contributed by atoms with Crippen LogP contribution in [0.1, 0.15) is 39.0 Å². The molecular formula is C14H27N3O. The van der Waals surface area contributed by atoms with Gasteiger partial charge in [0.2, 0.25) is 5.91 Å². The van der Waals surface area contributed by atoms with E-state index in [1.807, 2.05) is 11.9 Å². The molecule has 0 aromatic heterocycles. The minimum atomic E-state index is 0.302. The molecule has 2 fully saturated rings. The number of carbonyl (C=O) groups excluding carboxylic acids is 1. The van der Waals surface area contributed by atoms with Crippen molar-refractivity contribution in [3.05, 3.63) is 0 Å². The van der Waals surface area contributed by atoms with Crippen LogP contribution < -0.4 is 5.32 Å². The van der Waals surface area contributed by atoms with Crippen LogP contribution in [0.5, 0.6) is 0 Å². The second-order valence-corrected chi connectivity index (χ2v) is 5.89. The molecule has 2 aliphatic rings. The molecule has 1 saturated carbocycles. The summed E-state index contributed by atoms with van der Waals surface area (Å²) in [6.45, 7) is 5.76. The quantitative estimate of drug-likeness (QED) is 0.817. The molecule has 2 rings (SSSR count). The average molecular weight is 253 g/mol. The molecule has 104 valence electrons. The van der Waals surface area contributed by atoms with Gasteiger partial charge in [-0.2, -0.15) is 0 Å². The number of piperazine rings is 1. The Balaban J connectivity index is 1.79. The smallest absolute Gasteiger partial charge is 0.236 e. The van der Waals surface area contributed by atoms with Gasteiger partial charge in [0.1, 0.15) is 0 Å². The van der Waals surface area contributed by atoms with Crippen LogP contribution in [0.3, 0.4) is 0 Å². The maximum absolute atomic E-state index is 12.3. The van der Waals surface area contributed by atoms with Gasteiger partial charge in [0.15, 0.2) is 0 Å². The van der Waals surface area contributed by atoms with Crippen molar-refractivity contribution in [2.24, 2.45) is 0 Å². The molecule has 4 nitrogen and oxygen atoms in total. The molecule has 0 bridgehead atoms. The number of hydrogen-bond donors (Lipinski definition) is 1. The highest BCUT2D eigenvalue weighted by atomic mass is 16.2. The number of carbonyl (C=O) groups is 1. The second kappa shape index (κ2) is 6.53. The first-order valence-electron chi connectivity index (χ1n) is 7.38. The lowest BCUT2D eigenvalue weighted by atomic mass is 9.94. The number of hydrogen-bond acceptors (Lipinski definition) is 3. The van der Waals surface area contributed by atoms with E-state index in [1.54, 1.807) is 0 Å². The maximum Gasteiger partial charge on any atom is 0.236 e. The fraction of sp³-hybridized carbons (Fsp3) is 0.929. The van der Waals surface area contributed by atoms with E-state index in [0.717, 1.165) is 19.6 Å². The molecule has 1 saturated heterocycles. The van der Waals surface area contributed by atoms with Crippen LogP contribution in [0.2, 0.25) is 0 Å². The van der Waals surface area contributed by atoms with Crippen LogP contribution in [0.15, 0.2) is 0 Å². The van der Waals surface area contributed by atoms with Crippen molar-refractivity contribution in [2.75, 3.05) is 33.2 Å². The number of likely N-dealkylation sites (N-methyl/N-ethyl adjacent to an activating group) is 1. The first-order valence-corrected chi connectivity index (χ1v) is 7.38. The van der Waals surface area contributed by atoms with E-state index in [0.29, 0.717) is 24.5 Å². The summed E-state index contributed by atoms with van der Waals surface area (Å²) in [4.78, 5) is 16.6. The molecule has 1 N–H and O–H groups in total. The minimum absolute atomic E-state index is 0.302. The summed E-state index contributed by atoms with van der Waals surface area (Å²) in [5.74, 6) is 0.302. The van der Waals surface area contributed by atoms with Crippen molar-refractivity contribution in [1.29, 1.82) is 0 Å². The third-order valence-corrected chi connectivity index (χ3v) is 4.33. The van der Waals surface area contributed by atoms with Gasteiger partial charge in [-0.05, 0) is 19.8 Å². The molecule has 18 heavy (non-hydrogen) atoms. The van der Waals surface area contributed by atoms with Crippen LogP contribution in [0.4, 0.5) is 0 Å². The number of nitrogens with one attached hydrogen (secondary N) is 1. The van der Waals surface area contributed by atoms with Crippen molar-refractivity contribution >= 4 is 5.91 Å². The molecule has 1 aliphatic heterocycles. The predicted molar refractivity (Wildman–Crippen MR) is 73.5 cm³/mol. The summed E-state index contributed by atoms with van der Waals surface area (Å²) >= 11 is 0. The van der Waals surface area contributed by atoms with E-state index >= 15 is 0 Å². The predicted octanol–water partition coefficient (Wildman–Crippen LogP) is 1.07. The lowest BCUT2D eigenvalue weighted by Crippen LogP contribution is -2.53. The monoisotopic (exact) mass is 253 g/mol. The Morgan fingerprint density at radius 3 is 2.72 bits per heavy atom. The fourth-order valence-electron chi connectivity index (χ4n) is 3.13. The van der Waals surface area contributed by atoms with E-state index in [4.69, 9.17) is 0 Å². The Labute approximate surface area is 111 Å². The first kappa shape index (κ1) is 13.8. The molecule has 0 spiro atoms. The van der Waals surface area contributed by atoms with Crippen LogP contribution in [-0.4, -0.2) is 61.0 Å². The van der Waals surface area contributed by atoms with E-state index in [9.17, 15) is 4.79 Å². The summed E-state index contributed by atoms with van der Waals surface area (Å²) in [5.41, 5.74) is 0. The number of amides is 1. The molecule has 4 heteroatoms. The van der Waals surface area contributed by atoms with Gasteiger partial charge in [-0.3, -0.25) is 9.69 Å². The Morgan fingerprint density at radius 1 is 1.33 bits per heavy atom. The van der Waals surface area contributed by atoms with Gasteiger partial charge in [-0.15, -0.1) is 0 Å². The zero-order valence-corrected chi connectivity index (χ0v) is 11.8. The standard InChI is InChI=1S/C14H27N3O/c1-12-10-17(9-8-15-12)11-14(18)16(2)13-6-4-3-5-7-13/h12-13,15H,3-11H2,1-2H3.